The molecule has 0 aromatic heterocycles. The summed E-state index contributed by atoms with van der Waals surface area (Å²) in [5.74, 6) is -0.934. The van der Waals surface area contributed by atoms with Crippen molar-refractivity contribution < 1.29 is 14.6 Å². The van der Waals surface area contributed by atoms with Crippen molar-refractivity contribution in [3.63, 3.8) is 0 Å². The largest absolute Gasteiger partial charge is 0.480 e. The number of likely N-dealkylation sites (N-methyl/N-ethyl adjacent to an activating group) is 1. The van der Waals surface area contributed by atoms with E-state index < -0.39 is 12.0 Å². The summed E-state index contributed by atoms with van der Waals surface area (Å²) in [6.07, 6.45) is 0.481. The van der Waals surface area contributed by atoms with Crippen LogP contribution in [0.25, 0.3) is 0 Å². The average molecular weight is 218 g/mol. The summed E-state index contributed by atoms with van der Waals surface area (Å²) in [7, 11) is 0. The van der Waals surface area contributed by atoms with E-state index in [0.29, 0.717) is 26.2 Å². The third-order valence-corrected chi connectivity index (χ3v) is 2.28. The predicted octanol–water partition coefficient (Wildman–Crippen LogP) is 0.147. The second-order valence-electron chi connectivity index (χ2n) is 3.36. The van der Waals surface area contributed by atoms with Gasteiger partial charge in [0.2, 0.25) is 0 Å². The zero-order valence-corrected chi connectivity index (χ0v) is 9.61. The van der Waals surface area contributed by atoms with Gasteiger partial charge in [0.15, 0.2) is 0 Å². The lowest BCUT2D eigenvalue weighted by Crippen LogP contribution is -2.36. The zero-order valence-electron chi connectivity index (χ0n) is 9.61. The minimum Gasteiger partial charge on any atom is -0.480 e. The Morgan fingerprint density at radius 2 is 2.13 bits per heavy atom. The topological polar surface area (TPSA) is 75.8 Å². The number of rotatable bonds is 9. The minimum atomic E-state index is -0.934. The van der Waals surface area contributed by atoms with Gasteiger partial charge in [0.25, 0.3) is 0 Å². The minimum absolute atomic E-state index is 0.481. The molecule has 1 atom stereocenters. The monoisotopic (exact) mass is 218 g/mol. The molecule has 0 bridgehead atoms. The Labute approximate surface area is 91.2 Å². The first kappa shape index (κ1) is 14.3. The van der Waals surface area contributed by atoms with Crippen LogP contribution in [0.4, 0.5) is 0 Å². The lowest BCUT2D eigenvalue weighted by atomic mass is 10.2. The van der Waals surface area contributed by atoms with Gasteiger partial charge >= 0.3 is 5.97 Å². The maximum atomic E-state index is 10.5. The lowest BCUT2D eigenvalue weighted by Gasteiger charge is -2.20. The Bertz CT molecular complexity index is 176. The van der Waals surface area contributed by atoms with E-state index in [2.05, 4.69) is 4.90 Å². The van der Waals surface area contributed by atoms with Crippen LogP contribution in [-0.2, 0) is 9.53 Å². The van der Waals surface area contributed by atoms with Crippen LogP contribution in [-0.4, -0.2) is 54.9 Å². The Morgan fingerprint density at radius 3 is 2.60 bits per heavy atom. The Balaban J connectivity index is 3.65. The molecule has 0 saturated heterocycles. The van der Waals surface area contributed by atoms with Crippen LogP contribution in [0.2, 0.25) is 0 Å². The molecule has 0 aliphatic carbocycles. The molecule has 0 spiro atoms. The Hall–Kier alpha value is -0.650. The van der Waals surface area contributed by atoms with Crippen molar-refractivity contribution in [1.29, 1.82) is 0 Å². The van der Waals surface area contributed by atoms with E-state index in [-0.39, 0.29) is 0 Å². The highest BCUT2D eigenvalue weighted by atomic mass is 16.5. The van der Waals surface area contributed by atoms with E-state index in [0.717, 1.165) is 13.1 Å². The number of hydrogen-bond donors (Lipinski definition) is 2. The summed E-state index contributed by atoms with van der Waals surface area (Å²) in [5, 5.41) is 8.61. The number of carboxylic acid groups (broad SMARTS) is 1. The van der Waals surface area contributed by atoms with Crippen molar-refractivity contribution in [2.75, 3.05) is 32.8 Å². The van der Waals surface area contributed by atoms with Crippen molar-refractivity contribution in [1.82, 2.24) is 4.90 Å². The average Bonchev–Trinajstić information content (AvgIpc) is 2.22. The quantitative estimate of drug-likeness (QED) is 0.539. The highest BCUT2D eigenvalue weighted by Crippen LogP contribution is 1.95. The van der Waals surface area contributed by atoms with Crippen molar-refractivity contribution in [2.24, 2.45) is 5.73 Å². The first-order valence-corrected chi connectivity index (χ1v) is 5.40. The first-order valence-electron chi connectivity index (χ1n) is 5.40. The van der Waals surface area contributed by atoms with Gasteiger partial charge in [0.1, 0.15) is 6.04 Å². The van der Waals surface area contributed by atoms with Crippen LogP contribution < -0.4 is 5.73 Å². The third kappa shape index (κ3) is 7.30. The first-order chi connectivity index (χ1) is 7.11. The van der Waals surface area contributed by atoms with Crippen LogP contribution in [0, 0.1) is 0 Å². The van der Waals surface area contributed by atoms with Gasteiger partial charge in [-0.1, -0.05) is 6.92 Å². The molecule has 0 aromatic carbocycles. The van der Waals surface area contributed by atoms with Gasteiger partial charge in [-0.15, -0.1) is 0 Å². The maximum Gasteiger partial charge on any atom is 0.320 e. The summed E-state index contributed by atoms with van der Waals surface area (Å²) >= 11 is 0. The smallest absolute Gasteiger partial charge is 0.320 e. The van der Waals surface area contributed by atoms with Crippen LogP contribution in [0.1, 0.15) is 20.3 Å². The fourth-order valence-corrected chi connectivity index (χ4v) is 1.21. The summed E-state index contributed by atoms with van der Waals surface area (Å²) < 4.78 is 5.23. The highest BCUT2D eigenvalue weighted by Gasteiger charge is 2.12. The van der Waals surface area contributed by atoms with Gasteiger partial charge in [-0.3, -0.25) is 4.79 Å². The van der Waals surface area contributed by atoms with E-state index in [9.17, 15) is 4.79 Å². The van der Waals surface area contributed by atoms with Crippen molar-refractivity contribution in [3.05, 3.63) is 0 Å². The van der Waals surface area contributed by atoms with E-state index >= 15 is 0 Å². The number of nitrogens with zero attached hydrogens (tertiary/aromatic N) is 1. The number of nitrogens with two attached hydrogens (primary N) is 1. The molecule has 0 aliphatic heterocycles. The van der Waals surface area contributed by atoms with E-state index in [1.165, 1.54) is 0 Å². The molecule has 3 N–H and O–H groups in total. The standard InChI is InChI=1S/C10H22N2O3/c1-3-12(7-8-15-4-2)6-5-9(11)10(13)14/h9H,3-8,11H2,1-2H3,(H,13,14). The molecule has 90 valence electrons. The molecular formula is C10H22N2O3. The number of hydrogen-bond acceptors (Lipinski definition) is 4. The number of carboxylic acids is 1. The Kier molecular flexibility index (Phi) is 8.27. The predicted molar refractivity (Wildman–Crippen MR) is 58.8 cm³/mol. The number of aliphatic carboxylic acids is 1. The molecule has 0 fully saturated rings. The van der Waals surface area contributed by atoms with Crippen molar-refractivity contribution >= 4 is 5.97 Å². The van der Waals surface area contributed by atoms with Crippen LogP contribution in [0.5, 0.6) is 0 Å². The molecule has 0 radical (unpaired) electrons. The summed E-state index contributed by atoms with van der Waals surface area (Å²) in [4.78, 5) is 12.6. The molecule has 0 aliphatic rings. The summed E-state index contributed by atoms with van der Waals surface area (Å²) in [6.45, 7) is 7.82. The molecule has 5 nitrogen and oxygen atoms in total. The van der Waals surface area contributed by atoms with Gasteiger partial charge in [-0.25, -0.2) is 0 Å². The normalized spacial score (nSPS) is 13.1. The molecule has 1 unspecified atom stereocenters. The molecule has 0 heterocycles. The molecule has 5 heteroatoms. The molecule has 0 rings (SSSR count). The summed E-state index contributed by atoms with van der Waals surface area (Å²) in [6, 6.07) is -0.758. The van der Waals surface area contributed by atoms with E-state index in [1.807, 2.05) is 13.8 Å². The zero-order chi connectivity index (χ0) is 11.7. The second kappa shape index (κ2) is 8.64. The SMILES string of the molecule is CCOCCN(CC)CCC(N)C(=O)O. The van der Waals surface area contributed by atoms with Crippen LogP contribution in [0.3, 0.4) is 0 Å². The molecule has 0 aromatic rings. The second-order valence-corrected chi connectivity index (χ2v) is 3.36. The van der Waals surface area contributed by atoms with Gasteiger partial charge < -0.3 is 20.5 Å². The molecular weight excluding hydrogens is 196 g/mol. The van der Waals surface area contributed by atoms with Crippen LogP contribution in [0.15, 0.2) is 0 Å². The van der Waals surface area contributed by atoms with Crippen LogP contribution >= 0.6 is 0 Å². The van der Waals surface area contributed by atoms with Gasteiger partial charge in [0.05, 0.1) is 6.61 Å². The Morgan fingerprint density at radius 1 is 1.47 bits per heavy atom. The fraction of sp³-hybridized carbons (Fsp3) is 0.900. The van der Waals surface area contributed by atoms with Crippen molar-refractivity contribution in [2.45, 2.75) is 26.3 Å². The maximum absolute atomic E-state index is 10.5. The third-order valence-electron chi connectivity index (χ3n) is 2.28. The molecule has 15 heavy (non-hydrogen) atoms. The lowest BCUT2D eigenvalue weighted by molar-refractivity contribution is -0.138. The highest BCUT2D eigenvalue weighted by molar-refractivity contribution is 5.72. The van der Waals surface area contributed by atoms with E-state index in [4.69, 9.17) is 15.6 Å². The van der Waals surface area contributed by atoms with Gasteiger partial charge in [0, 0.05) is 19.7 Å². The fourth-order valence-electron chi connectivity index (χ4n) is 1.21. The molecule has 0 amide bonds. The summed E-state index contributed by atoms with van der Waals surface area (Å²) in [5.41, 5.74) is 5.42. The van der Waals surface area contributed by atoms with E-state index in [1.54, 1.807) is 0 Å². The van der Waals surface area contributed by atoms with Gasteiger partial charge in [-0.2, -0.15) is 0 Å². The number of ether oxygens (including phenoxy) is 1. The molecule has 0 saturated carbocycles. The van der Waals surface area contributed by atoms with Gasteiger partial charge in [-0.05, 0) is 19.9 Å². The number of carbonyl (C=O) groups is 1. The van der Waals surface area contributed by atoms with Crippen molar-refractivity contribution in [3.8, 4) is 0 Å².